The molecule has 8 heteroatoms. The molecule has 0 aromatic heterocycles. The zero-order chi connectivity index (χ0) is 14.8. The Kier molecular flexibility index (Phi) is 5.30. The van der Waals surface area contributed by atoms with Crippen LogP contribution in [0.1, 0.15) is 12.8 Å². The van der Waals surface area contributed by atoms with Crippen LogP contribution in [0.25, 0.3) is 0 Å². The van der Waals surface area contributed by atoms with Crippen molar-refractivity contribution in [3.8, 4) is 0 Å². The molecule has 0 amide bonds. The van der Waals surface area contributed by atoms with Gasteiger partial charge in [0, 0.05) is 29.2 Å². The first-order valence-electron chi connectivity index (χ1n) is 6.26. The first-order chi connectivity index (χ1) is 9.42. The molecule has 1 atom stereocenters. The van der Waals surface area contributed by atoms with Gasteiger partial charge in [0.2, 0.25) is 0 Å². The van der Waals surface area contributed by atoms with E-state index in [1.54, 1.807) is 18.2 Å². The standard InChI is InChI=1S/C12H16BrClN2O3S/c13-11-4-3-10(14)6-12(11)15-20(18,19)16-5-1-2-9(7-16)8-17/h3-4,6,9,15,17H,1-2,5,7-8H2. The molecule has 2 rings (SSSR count). The van der Waals surface area contributed by atoms with Crippen LogP contribution in [-0.2, 0) is 10.2 Å². The largest absolute Gasteiger partial charge is 0.396 e. The fourth-order valence-corrected chi connectivity index (χ4v) is 4.17. The summed E-state index contributed by atoms with van der Waals surface area (Å²) in [5, 5.41) is 9.63. The highest BCUT2D eigenvalue weighted by molar-refractivity contribution is 9.10. The number of piperidine rings is 1. The van der Waals surface area contributed by atoms with E-state index < -0.39 is 10.2 Å². The number of aliphatic hydroxyl groups excluding tert-OH is 1. The minimum Gasteiger partial charge on any atom is -0.396 e. The minimum absolute atomic E-state index is 0.00290. The molecular formula is C12H16BrClN2O3S. The van der Waals surface area contributed by atoms with E-state index >= 15 is 0 Å². The first-order valence-corrected chi connectivity index (χ1v) is 8.87. The Morgan fingerprint density at radius 2 is 2.25 bits per heavy atom. The monoisotopic (exact) mass is 382 g/mol. The summed E-state index contributed by atoms with van der Waals surface area (Å²) >= 11 is 9.16. The molecule has 0 aliphatic carbocycles. The van der Waals surface area contributed by atoms with Crippen LogP contribution < -0.4 is 4.72 Å². The average molecular weight is 384 g/mol. The normalized spacial score (nSPS) is 20.9. The van der Waals surface area contributed by atoms with Crippen molar-refractivity contribution >= 4 is 43.4 Å². The van der Waals surface area contributed by atoms with Crippen molar-refractivity contribution < 1.29 is 13.5 Å². The van der Waals surface area contributed by atoms with Crippen LogP contribution in [0.4, 0.5) is 5.69 Å². The third-order valence-corrected chi connectivity index (χ3v) is 5.66. The fraction of sp³-hybridized carbons (Fsp3) is 0.500. The predicted molar refractivity (Wildman–Crippen MR) is 83.1 cm³/mol. The number of hydrogen-bond donors (Lipinski definition) is 2. The van der Waals surface area contributed by atoms with Crippen LogP contribution in [0.3, 0.4) is 0 Å². The summed E-state index contributed by atoms with van der Waals surface area (Å²) in [7, 11) is -3.64. The summed E-state index contributed by atoms with van der Waals surface area (Å²) in [5.74, 6) is 0.00290. The van der Waals surface area contributed by atoms with Gasteiger partial charge in [-0.15, -0.1) is 0 Å². The molecule has 1 fully saturated rings. The second-order valence-corrected chi connectivity index (χ2v) is 7.74. The molecular weight excluding hydrogens is 368 g/mol. The summed E-state index contributed by atoms with van der Waals surface area (Å²) in [5.41, 5.74) is 0.406. The van der Waals surface area contributed by atoms with Gasteiger partial charge in [0.15, 0.2) is 0 Å². The maximum absolute atomic E-state index is 12.3. The molecule has 1 aliphatic rings. The molecule has 1 heterocycles. The van der Waals surface area contributed by atoms with Gasteiger partial charge in [0.05, 0.1) is 5.69 Å². The van der Waals surface area contributed by atoms with Gasteiger partial charge < -0.3 is 5.11 Å². The molecule has 1 unspecified atom stereocenters. The Bertz CT molecular complexity index is 582. The quantitative estimate of drug-likeness (QED) is 0.839. The number of halogens is 2. The average Bonchev–Trinajstić information content (AvgIpc) is 2.43. The molecule has 0 saturated carbocycles. The van der Waals surface area contributed by atoms with Gasteiger partial charge in [-0.2, -0.15) is 12.7 Å². The van der Waals surface area contributed by atoms with E-state index in [-0.39, 0.29) is 12.5 Å². The number of hydrogen-bond acceptors (Lipinski definition) is 3. The third kappa shape index (κ3) is 3.85. The van der Waals surface area contributed by atoms with Gasteiger partial charge in [0.1, 0.15) is 0 Å². The van der Waals surface area contributed by atoms with Gasteiger partial charge in [-0.25, -0.2) is 0 Å². The van der Waals surface area contributed by atoms with Crippen LogP contribution >= 0.6 is 27.5 Å². The molecule has 1 saturated heterocycles. The Morgan fingerprint density at radius 1 is 1.50 bits per heavy atom. The van der Waals surface area contributed by atoms with Crippen LogP contribution in [0.15, 0.2) is 22.7 Å². The summed E-state index contributed by atoms with van der Waals surface area (Å²) in [6.45, 7) is 0.806. The highest BCUT2D eigenvalue weighted by Crippen LogP contribution is 2.28. The van der Waals surface area contributed by atoms with E-state index in [1.807, 2.05) is 0 Å². The maximum atomic E-state index is 12.3. The second-order valence-electron chi connectivity index (χ2n) is 4.78. The summed E-state index contributed by atoms with van der Waals surface area (Å²) < 4.78 is 29.2. The molecule has 2 N–H and O–H groups in total. The lowest BCUT2D eigenvalue weighted by atomic mass is 10.0. The summed E-state index contributed by atoms with van der Waals surface area (Å²) in [6, 6.07) is 4.91. The minimum atomic E-state index is -3.64. The first kappa shape index (κ1) is 16.0. The van der Waals surface area contributed by atoms with E-state index in [2.05, 4.69) is 20.7 Å². The Hall–Kier alpha value is -0.340. The van der Waals surface area contributed by atoms with Gasteiger partial charge >= 0.3 is 10.2 Å². The molecule has 0 bridgehead atoms. The molecule has 5 nitrogen and oxygen atoms in total. The van der Waals surface area contributed by atoms with Crippen LogP contribution in [0.2, 0.25) is 5.02 Å². The number of rotatable bonds is 4. The van der Waals surface area contributed by atoms with Gasteiger partial charge in [-0.05, 0) is 52.9 Å². The predicted octanol–water partition coefficient (Wildman–Crippen LogP) is 2.46. The maximum Gasteiger partial charge on any atom is 0.301 e. The zero-order valence-electron chi connectivity index (χ0n) is 10.7. The highest BCUT2D eigenvalue weighted by Gasteiger charge is 2.28. The van der Waals surface area contributed by atoms with Crippen LogP contribution in [0, 0.1) is 5.92 Å². The third-order valence-electron chi connectivity index (χ3n) is 3.25. The topological polar surface area (TPSA) is 69.6 Å². The number of nitrogens with zero attached hydrogens (tertiary/aromatic N) is 1. The van der Waals surface area contributed by atoms with Crippen molar-refractivity contribution in [3.63, 3.8) is 0 Å². The number of nitrogens with one attached hydrogen (secondary N) is 1. The smallest absolute Gasteiger partial charge is 0.301 e. The van der Waals surface area contributed by atoms with Crippen molar-refractivity contribution in [2.24, 2.45) is 5.92 Å². The molecule has 1 aromatic rings. The van der Waals surface area contributed by atoms with Crippen molar-refractivity contribution in [2.45, 2.75) is 12.8 Å². The van der Waals surface area contributed by atoms with Gasteiger partial charge in [-0.1, -0.05) is 11.6 Å². The molecule has 20 heavy (non-hydrogen) atoms. The second kappa shape index (κ2) is 6.62. The van der Waals surface area contributed by atoms with Crippen molar-refractivity contribution in [1.82, 2.24) is 4.31 Å². The molecule has 0 radical (unpaired) electrons. The lowest BCUT2D eigenvalue weighted by Gasteiger charge is -2.31. The Morgan fingerprint density at radius 3 is 2.95 bits per heavy atom. The molecule has 112 valence electrons. The SMILES string of the molecule is O=S(=O)(Nc1cc(Cl)ccc1Br)N1CCCC(CO)C1. The molecule has 1 aliphatic heterocycles. The number of benzene rings is 1. The zero-order valence-corrected chi connectivity index (χ0v) is 13.9. The van der Waals surface area contributed by atoms with E-state index in [4.69, 9.17) is 11.6 Å². The van der Waals surface area contributed by atoms with Crippen LogP contribution in [0.5, 0.6) is 0 Å². The fourth-order valence-electron chi connectivity index (χ4n) is 2.17. The van der Waals surface area contributed by atoms with Crippen molar-refractivity contribution in [3.05, 3.63) is 27.7 Å². The van der Waals surface area contributed by atoms with Gasteiger partial charge in [-0.3, -0.25) is 4.72 Å². The van der Waals surface area contributed by atoms with E-state index in [0.29, 0.717) is 28.3 Å². The van der Waals surface area contributed by atoms with E-state index in [9.17, 15) is 13.5 Å². The van der Waals surface area contributed by atoms with Gasteiger partial charge in [0.25, 0.3) is 0 Å². The van der Waals surface area contributed by atoms with E-state index in [0.717, 1.165) is 12.8 Å². The lowest BCUT2D eigenvalue weighted by Crippen LogP contribution is -2.43. The van der Waals surface area contributed by atoms with Crippen LogP contribution in [-0.4, -0.2) is 37.5 Å². The summed E-state index contributed by atoms with van der Waals surface area (Å²) in [6.07, 6.45) is 1.60. The highest BCUT2D eigenvalue weighted by atomic mass is 79.9. The molecule has 1 aromatic carbocycles. The van der Waals surface area contributed by atoms with E-state index in [1.165, 1.54) is 4.31 Å². The summed E-state index contributed by atoms with van der Waals surface area (Å²) in [4.78, 5) is 0. The van der Waals surface area contributed by atoms with Crippen molar-refractivity contribution in [2.75, 3.05) is 24.4 Å². The Labute approximate surface area is 132 Å². The Balaban J connectivity index is 2.16. The lowest BCUT2D eigenvalue weighted by molar-refractivity contribution is 0.166. The number of aliphatic hydroxyl groups is 1. The number of anilines is 1. The van der Waals surface area contributed by atoms with Crippen molar-refractivity contribution in [1.29, 1.82) is 0 Å². The molecule has 0 spiro atoms.